The van der Waals surface area contributed by atoms with Crippen molar-refractivity contribution in [1.82, 2.24) is 14.8 Å². The molecule has 0 aliphatic heterocycles. The molecule has 0 aliphatic carbocycles. The third kappa shape index (κ3) is 3.62. The van der Waals surface area contributed by atoms with Crippen LogP contribution in [0.5, 0.6) is 0 Å². The quantitative estimate of drug-likeness (QED) is 0.500. The molecule has 0 amide bonds. The first kappa shape index (κ1) is 18.1. The Morgan fingerprint density at radius 2 is 1.85 bits per heavy atom. The summed E-state index contributed by atoms with van der Waals surface area (Å²) in [7, 11) is 1.34. The van der Waals surface area contributed by atoms with Gasteiger partial charge in [0.05, 0.1) is 12.7 Å². The number of carbonyl (C=O) groups excluding carboxylic acids is 1. The zero-order chi connectivity index (χ0) is 18.7. The van der Waals surface area contributed by atoms with Crippen LogP contribution >= 0.6 is 11.8 Å². The van der Waals surface area contributed by atoms with Gasteiger partial charge in [-0.2, -0.15) is 0 Å². The number of benzene rings is 2. The number of esters is 1. The molecule has 0 aliphatic rings. The lowest BCUT2D eigenvalue weighted by molar-refractivity contribution is -0.139. The van der Waals surface area contributed by atoms with Crippen LogP contribution < -0.4 is 0 Å². The van der Waals surface area contributed by atoms with Crippen molar-refractivity contribution in [1.29, 1.82) is 0 Å². The van der Waals surface area contributed by atoms with E-state index >= 15 is 0 Å². The molecule has 3 aromatic rings. The van der Waals surface area contributed by atoms with Gasteiger partial charge < -0.3 is 4.74 Å². The van der Waals surface area contributed by atoms with Crippen molar-refractivity contribution >= 4 is 17.7 Å². The minimum atomic E-state index is -0.470. The SMILES string of the molecule is COC(=O)C(C)Sc1nnc(-c2ccccc2F)n1-c1ccc(C)cc1. The van der Waals surface area contributed by atoms with E-state index < -0.39 is 5.25 Å². The number of ether oxygens (including phenoxy) is 1. The maximum Gasteiger partial charge on any atom is 0.318 e. The van der Waals surface area contributed by atoms with E-state index in [1.807, 2.05) is 31.2 Å². The standard InChI is InChI=1S/C19H18FN3O2S/c1-12-8-10-14(11-9-12)23-17(15-6-4-5-7-16(15)20)21-22-19(23)26-13(2)18(24)25-3/h4-11,13H,1-3H3. The number of hydrogen-bond donors (Lipinski definition) is 0. The highest BCUT2D eigenvalue weighted by Crippen LogP contribution is 2.31. The summed E-state index contributed by atoms with van der Waals surface area (Å²) in [6.07, 6.45) is 0. The van der Waals surface area contributed by atoms with Crippen molar-refractivity contribution in [3.63, 3.8) is 0 Å². The number of aryl methyl sites for hydroxylation is 1. The Morgan fingerprint density at radius 1 is 1.15 bits per heavy atom. The van der Waals surface area contributed by atoms with Gasteiger partial charge in [-0.15, -0.1) is 10.2 Å². The van der Waals surface area contributed by atoms with Crippen LogP contribution in [0.25, 0.3) is 17.1 Å². The van der Waals surface area contributed by atoms with Crippen LogP contribution in [0.15, 0.2) is 53.7 Å². The number of halogens is 1. The van der Waals surface area contributed by atoms with Crippen molar-refractivity contribution in [2.45, 2.75) is 24.3 Å². The maximum atomic E-state index is 14.3. The monoisotopic (exact) mass is 371 g/mol. The second kappa shape index (κ2) is 7.70. The van der Waals surface area contributed by atoms with Gasteiger partial charge >= 0.3 is 5.97 Å². The molecule has 0 radical (unpaired) electrons. The summed E-state index contributed by atoms with van der Waals surface area (Å²) >= 11 is 1.22. The van der Waals surface area contributed by atoms with Crippen LogP contribution in [0, 0.1) is 12.7 Å². The Hall–Kier alpha value is -2.67. The predicted octanol–water partition coefficient (Wildman–Crippen LogP) is 4.04. The van der Waals surface area contributed by atoms with E-state index in [2.05, 4.69) is 10.2 Å². The van der Waals surface area contributed by atoms with E-state index in [4.69, 9.17) is 4.74 Å². The first-order valence-corrected chi connectivity index (χ1v) is 8.91. The van der Waals surface area contributed by atoms with E-state index in [9.17, 15) is 9.18 Å². The van der Waals surface area contributed by atoms with Crippen LogP contribution in [0.2, 0.25) is 0 Å². The van der Waals surface area contributed by atoms with E-state index in [1.54, 1.807) is 29.7 Å². The molecule has 1 atom stereocenters. The minimum absolute atomic E-state index is 0.346. The summed E-state index contributed by atoms with van der Waals surface area (Å²) in [4.78, 5) is 11.8. The second-order valence-electron chi connectivity index (χ2n) is 5.74. The van der Waals surface area contributed by atoms with Gasteiger partial charge in [-0.25, -0.2) is 4.39 Å². The van der Waals surface area contributed by atoms with Gasteiger partial charge in [0, 0.05) is 5.69 Å². The van der Waals surface area contributed by atoms with Gasteiger partial charge in [-0.1, -0.05) is 41.6 Å². The van der Waals surface area contributed by atoms with Crippen molar-refractivity contribution in [3.05, 3.63) is 59.9 Å². The molecule has 0 fully saturated rings. The molecule has 26 heavy (non-hydrogen) atoms. The predicted molar refractivity (Wildman–Crippen MR) is 98.8 cm³/mol. The molecular weight excluding hydrogens is 353 g/mol. The third-order valence-corrected chi connectivity index (χ3v) is 4.88. The molecule has 0 N–H and O–H groups in total. The average molecular weight is 371 g/mol. The number of hydrogen-bond acceptors (Lipinski definition) is 5. The topological polar surface area (TPSA) is 57.0 Å². The summed E-state index contributed by atoms with van der Waals surface area (Å²) in [5, 5.41) is 8.40. The summed E-state index contributed by atoms with van der Waals surface area (Å²) in [6.45, 7) is 3.72. The fraction of sp³-hybridized carbons (Fsp3) is 0.211. The lowest BCUT2D eigenvalue weighted by atomic mass is 10.2. The van der Waals surface area contributed by atoms with E-state index in [0.29, 0.717) is 16.5 Å². The van der Waals surface area contributed by atoms with Gasteiger partial charge in [0.25, 0.3) is 0 Å². The molecule has 7 heteroatoms. The Bertz CT molecular complexity index is 925. The van der Waals surface area contributed by atoms with Crippen LogP contribution in [0.1, 0.15) is 12.5 Å². The highest BCUT2D eigenvalue weighted by molar-refractivity contribution is 8.00. The average Bonchev–Trinajstić information content (AvgIpc) is 3.05. The summed E-state index contributed by atoms with van der Waals surface area (Å²) in [5.41, 5.74) is 2.24. The van der Waals surface area contributed by atoms with Gasteiger partial charge in [0.1, 0.15) is 11.1 Å². The summed E-state index contributed by atoms with van der Waals surface area (Å²) < 4.78 is 20.9. The number of rotatable bonds is 5. The highest BCUT2D eigenvalue weighted by Gasteiger charge is 2.23. The number of aromatic nitrogens is 3. The molecule has 0 saturated carbocycles. The molecule has 0 spiro atoms. The minimum Gasteiger partial charge on any atom is -0.468 e. The fourth-order valence-electron chi connectivity index (χ4n) is 2.46. The van der Waals surface area contributed by atoms with E-state index in [-0.39, 0.29) is 11.8 Å². The number of methoxy groups -OCH3 is 1. The maximum absolute atomic E-state index is 14.3. The normalized spacial score (nSPS) is 12.0. The Balaban J connectivity index is 2.12. The van der Waals surface area contributed by atoms with Crippen molar-refractivity contribution in [2.24, 2.45) is 0 Å². The molecular formula is C19H18FN3O2S. The Kier molecular flexibility index (Phi) is 5.37. The Labute approximate surface area is 155 Å². The van der Waals surface area contributed by atoms with Crippen LogP contribution in [0.3, 0.4) is 0 Å². The number of nitrogens with zero attached hydrogens (tertiary/aromatic N) is 3. The molecule has 3 rings (SSSR count). The van der Waals surface area contributed by atoms with Crippen molar-refractivity contribution in [3.8, 4) is 17.1 Å². The van der Waals surface area contributed by atoms with Crippen molar-refractivity contribution in [2.75, 3.05) is 7.11 Å². The zero-order valence-electron chi connectivity index (χ0n) is 14.6. The number of carbonyl (C=O) groups is 1. The lowest BCUT2D eigenvalue weighted by Crippen LogP contribution is -2.15. The summed E-state index contributed by atoms with van der Waals surface area (Å²) in [5.74, 6) is -0.363. The Morgan fingerprint density at radius 3 is 2.50 bits per heavy atom. The van der Waals surface area contributed by atoms with Crippen LogP contribution in [-0.2, 0) is 9.53 Å². The molecule has 134 valence electrons. The zero-order valence-corrected chi connectivity index (χ0v) is 15.5. The molecule has 1 heterocycles. The first-order valence-electron chi connectivity index (χ1n) is 8.03. The second-order valence-corrected chi connectivity index (χ2v) is 7.05. The lowest BCUT2D eigenvalue weighted by Gasteiger charge is -2.13. The smallest absolute Gasteiger partial charge is 0.318 e. The van der Waals surface area contributed by atoms with Crippen LogP contribution in [-0.4, -0.2) is 33.1 Å². The molecule has 0 saturated heterocycles. The summed E-state index contributed by atoms with van der Waals surface area (Å²) in [6, 6.07) is 14.1. The van der Waals surface area contributed by atoms with Gasteiger partial charge in [0.15, 0.2) is 11.0 Å². The molecule has 0 bridgehead atoms. The van der Waals surface area contributed by atoms with Gasteiger partial charge in [-0.05, 0) is 38.1 Å². The highest BCUT2D eigenvalue weighted by atomic mass is 32.2. The van der Waals surface area contributed by atoms with Crippen molar-refractivity contribution < 1.29 is 13.9 Å². The molecule has 1 unspecified atom stereocenters. The third-order valence-electron chi connectivity index (χ3n) is 3.86. The molecule has 5 nitrogen and oxygen atoms in total. The van der Waals surface area contributed by atoms with E-state index in [0.717, 1.165) is 11.3 Å². The van der Waals surface area contributed by atoms with Crippen LogP contribution in [0.4, 0.5) is 4.39 Å². The molecule has 1 aromatic heterocycles. The largest absolute Gasteiger partial charge is 0.468 e. The van der Waals surface area contributed by atoms with Gasteiger partial charge in [-0.3, -0.25) is 9.36 Å². The molecule has 2 aromatic carbocycles. The number of thioether (sulfide) groups is 1. The fourth-order valence-corrected chi connectivity index (χ4v) is 3.36. The van der Waals surface area contributed by atoms with Gasteiger partial charge in [0.2, 0.25) is 0 Å². The van der Waals surface area contributed by atoms with E-state index in [1.165, 1.54) is 24.9 Å². The first-order chi connectivity index (χ1) is 12.5.